The van der Waals surface area contributed by atoms with Gasteiger partial charge < -0.3 is 10.6 Å². The maximum Gasteiger partial charge on any atom is 0.224 e. The number of aryl methyl sites for hydroxylation is 3. The van der Waals surface area contributed by atoms with Gasteiger partial charge in [0.15, 0.2) is 0 Å². The summed E-state index contributed by atoms with van der Waals surface area (Å²) in [7, 11) is 0. The van der Waals surface area contributed by atoms with E-state index in [9.17, 15) is 0 Å². The zero-order valence-corrected chi connectivity index (χ0v) is 16.3. The van der Waals surface area contributed by atoms with Gasteiger partial charge in [-0.3, -0.25) is 0 Å². The molecule has 0 spiro atoms. The molecule has 0 unspecified atom stereocenters. The Labute approximate surface area is 155 Å². The van der Waals surface area contributed by atoms with Crippen LogP contribution in [-0.4, -0.2) is 33.0 Å². The van der Waals surface area contributed by atoms with Gasteiger partial charge in [-0.15, -0.1) is 22.7 Å². The monoisotopic (exact) mass is 374 g/mol. The molecule has 0 aromatic carbocycles. The van der Waals surface area contributed by atoms with Crippen molar-refractivity contribution in [2.24, 2.45) is 0 Å². The Bertz CT molecular complexity index is 826. The quantitative estimate of drug-likeness (QED) is 0.627. The fraction of sp³-hybridized carbons (Fsp3) is 0.412. The fourth-order valence-electron chi connectivity index (χ4n) is 2.36. The Morgan fingerprint density at radius 2 is 1.44 bits per heavy atom. The molecule has 3 aromatic heterocycles. The molecule has 0 radical (unpaired) electrons. The number of rotatable bonds is 8. The molecule has 25 heavy (non-hydrogen) atoms. The summed E-state index contributed by atoms with van der Waals surface area (Å²) in [6.07, 6.45) is 3.60. The highest BCUT2D eigenvalue weighted by molar-refractivity contribution is 7.09. The molecule has 8 heteroatoms. The molecule has 0 atom stereocenters. The standard InChI is InChI=1S/C17H22N6S2/c1-11-8-20-17(19-7-5-15-10-25-13(3)22-15)23-16(11)18-6-4-14-9-24-12(2)21-14/h8-10H,4-7H2,1-3H3,(H2,18,19,20,23). The first-order chi connectivity index (χ1) is 12.1. The largest absolute Gasteiger partial charge is 0.369 e. The summed E-state index contributed by atoms with van der Waals surface area (Å²) >= 11 is 3.37. The van der Waals surface area contributed by atoms with Crippen LogP contribution < -0.4 is 10.6 Å². The van der Waals surface area contributed by atoms with Gasteiger partial charge in [0.25, 0.3) is 0 Å². The maximum atomic E-state index is 4.58. The van der Waals surface area contributed by atoms with Gasteiger partial charge in [0, 0.05) is 48.5 Å². The van der Waals surface area contributed by atoms with Crippen molar-refractivity contribution in [3.05, 3.63) is 43.9 Å². The minimum atomic E-state index is 0.643. The van der Waals surface area contributed by atoms with Crippen molar-refractivity contribution in [1.82, 2.24) is 19.9 Å². The second kappa shape index (κ2) is 8.35. The minimum absolute atomic E-state index is 0.643. The van der Waals surface area contributed by atoms with E-state index >= 15 is 0 Å². The van der Waals surface area contributed by atoms with Gasteiger partial charge >= 0.3 is 0 Å². The van der Waals surface area contributed by atoms with Crippen LogP contribution in [0.1, 0.15) is 27.0 Å². The van der Waals surface area contributed by atoms with Crippen LogP contribution in [0, 0.1) is 20.8 Å². The van der Waals surface area contributed by atoms with Crippen LogP contribution in [-0.2, 0) is 12.8 Å². The van der Waals surface area contributed by atoms with Gasteiger partial charge in [0.1, 0.15) is 5.82 Å². The van der Waals surface area contributed by atoms with Crippen molar-refractivity contribution in [2.75, 3.05) is 23.7 Å². The van der Waals surface area contributed by atoms with Crippen molar-refractivity contribution < 1.29 is 0 Å². The molecule has 0 saturated carbocycles. The van der Waals surface area contributed by atoms with Crippen LogP contribution in [0.2, 0.25) is 0 Å². The van der Waals surface area contributed by atoms with Crippen molar-refractivity contribution >= 4 is 34.4 Å². The molecule has 0 aliphatic rings. The Hall–Kier alpha value is -2.06. The molecule has 0 fully saturated rings. The van der Waals surface area contributed by atoms with Crippen LogP contribution in [0.4, 0.5) is 11.8 Å². The van der Waals surface area contributed by atoms with E-state index in [4.69, 9.17) is 0 Å². The van der Waals surface area contributed by atoms with E-state index in [0.29, 0.717) is 5.95 Å². The van der Waals surface area contributed by atoms with Gasteiger partial charge in [-0.2, -0.15) is 4.98 Å². The number of aromatic nitrogens is 4. The zero-order valence-electron chi connectivity index (χ0n) is 14.7. The number of thiazole rings is 2. The van der Waals surface area contributed by atoms with E-state index < -0.39 is 0 Å². The van der Waals surface area contributed by atoms with Gasteiger partial charge in [-0.25, -0.2) is 15.0 Å². The molecule has 0 bridgehead atoms. The van der Waals surface area contributed by atoms with Gasteiger partial charge in [0.2, 0.25) is 5.95 Å². The number of hydrogen-bond donors (Lipinski definition) is 2. The fourth-order valence-corrected chi connectivity index (χ4v) is 3.66. The second-order valence-electron chi connectivity index (χ2n) is 5.79. The average molecular weight is 375 g/mol. The van der Waals surface area contributed by atoms with Crippen molar-refractivity contribution in [1.29, 1.82) is 0 Å². The van der Waals surface area contributed by atoms with Crippen molar-refractivity contribution in [2.45, 2.75) is 33.6 Å². The predicted molar refractivity (Wildman–Crippen MR) is 105 cm³/mol. The second-order valence-corrected chi connectivity index (χ2v) is 7.92. The third kappa shape index (κ3) is 5.20. The summed E-state index contributed by atoms with van der Waals surface area (Å²) in [5.74, 6) is 1.51. The SMILES string of the molecule is Cc1nc(CCNc2ncc(C)c(NCCc3csc(C)n3)n2)cs1. The van der Waals surface area contributed by atoms with Crippen molar-refractivity contribution in [3.63, 3.8) is 0 Å². The van der Waals surface area contributed by atoms with Crippen LogP contribution in [0.3, 0.4) is 0 Å². The zero-order chi connectivity index (χ0) is 17.6. The normalized spacial score (nSPS) is 10.8. The Morgan fingerprint density at radius 1 is 0.840 bits per heavy atom. The lowest BCUT2D eigenvalue weighted by atomic mass is 10.3. The van der Waals surface area contributed by atoms with E-state index in [0.717, 1.165) is 58.7 Å². The summed E-state index contributed by atoms with van der Waals surface area (Å²) in [6, 6.07) is 0. The molecule has 2 N–H and O–H groups in total. The molecule has 3 aromatic rings. The van der Waals surface area contributed by atoms with Gasteiger partial charge in [0.05, 0.1) is 21.4 Å². The molecule has 3 heterocycles. The lowest BCUT2D eigenvalue weighted by molar-refractivity contribution is 0.932. The molecule has 6 nitrogen and oxygen atoms in total. The van der Waals surface area contributed by atoms with E-state index in [1.165, 1.54) is 0 Å². The van der Waals surface area contributed by atoms with E-state index in [1.54, 1.807) is 22.7 Å². The molecule has 0 amide bonds. The molecule has 0 aliphatic heterocycles. The molecule has 3 rings (SSSR count). The first-order valence-corrected chi connectivity index (χ1v) is 9.99. The Kier molecular flexibility index (Phi) is 5.93. The highest BCUT2D eigenvalue weighted by Crippen LogP contribution is 2.14. The lowest BCUT2D eigenvalue weighted by Gasteiger charge is -2.10. The number of anilines is 2. The van der Waals surface area contributed by atoms with Crippen LogP contribution in [0.15, 0.2) is 17.0 Å². The summed E-state index contributed by atoms with van der Waals surface area (Å²) < 4.78 is 0. The van der Waals surface area contributed by atoms with Crippen molar-refractivity contribution in [3.8, 4) is 0 Å². The summed E-state index contributed by atoms with van der Waals surface area (Å²) in [5, 5.41) is 13.1. The van der Waals surface area contributed by atoms with Crippen LogP contribution in [0.25, 0.3) is 0 Å². The number of nitrogens with zero attached hydrogens (tertiary/aromatic N) is 4. The Balaban J connectivity index is 1.50. The molecule has 0 saturated heterocycles. The summed E-state index contributed by atoms with van der Waals surface area (Å²) in [6.45, 7) is 7.64. The van der Waals surface area contributed by atoms with Crippen LogP contribution in [0.5, 0.6) is 0 Å². The topological polar surface area (TPSA) is 75.6 Å². The highest BCUT2D eigenvalue weighted by Gasteiger charge is 2.05. The molecule has 132 valence electrons. The molecule has 0 aliphatic carbocycles. The smallest absolute Gasteiger partial charge is 0.224 e. The summed E-state index contributed by atoms with van der Waals surface area (Å²) in [5.41, 5.74) is 3.27. The van der Waals surface area contributed by atoms with E-state index in [2.05, 4.69) is 41.3 Å². The summed E-state index contributed by atoms with van der Waals surface area (Å²) in [4.78, 5) is 17.9. The van der Waals surface area contributed by atoms with Gasteiger partial charge in [-0.05, 0) is 20.8 Å². The first kappa shape index (κ1) is 17.8. The van der Waals surface area contributed by atoms with Crippen LogP contribution >= 0.6 is 22.7 Å². The highest BCUT2D eigenvalue weighted by atomic mass is 32.1. The Morgan fingerprint density at radius 3 is 2.00 bits per heavy atom. The van der Waals surface area contributed by atoms with E-state index in [1.807, 2.05) is 27.0 Å². The average Bonchev–Trinajstić information content (AvgIpc) is 3.18. The predicted octanol–water partition coefficient (Wildman–Crippen LogP) is 3.62. The maximum absolute atomic E-state index is 4.58. The molecular weight excluding hydrogens is 352 g/mol. The lowest BCUT2D eigenvalue weighted by Crippen LogP contribution is -2.12. The third-order valence-electron chi connectivity index (χ3n) is 3.64. The minimum Gasteiger partial charge on any atom is -0.369 e. The third-order valence-corrected chi connectivity index (χ3v) is 5.29. The van der Waals surface area contributed by atoms with E-state index in [-0.39, 0.29) is 0 Å². The molecular formula is C17H22N6S2. The number of hydrogen-bond acceptors (Lipinski definition) is 8. The number of nitrogens with one attached hydrogen (secondary N) is 2. The first-order valence-electron chi connectivity index (χ1n) is 8.23. The van der Waals surface area contributed by atoms with Gasteiger partial charge in [-0.1, -0.05) is 0 Å².